The van der Waals surface area contributed by atoms with Crippen molar-refractivity contribution in [3.8, 4) is 0 Å². The molecule has 0 bridgehead atoms. The number of thiophene rings is 1. The van der Waals surface area contributed by atoms with Crippen LogP contribution in [0.3, 0.4) is 0 Å². The number of nitrogens with one attached hydrogen (secondary N) is 1. The van der Waals surface area contributed by atoms with Gasteiger partial charge in [0.2, 0.25) is 0 Å². The number of para-hydroxylation sites is 1. The number of nitrogens with zero attached hydrogens (tertiary/aromatic N) is 2. The first kappa shape index (κ1) is 13.4. The van der Waals surface area contributed by atoms with Crippen molar-refractivity contribution in [2.75, 3.05) is 11.1 Å². The highest BCUT2D eigenvalue weighted by atomic mass is 32.1. The second-order valence-electron chi connectivity index (χ2n) is 4.44. The Hall–Kier alpha value is -2.54. The number of fused-ring (bicyclic) bond motifs is 1. The molecule has 0 aliphatic carbocycles. The number of carbonyl (C=O) groups is 1. The molecule has 106 valence electrons. The summed E-state index contributed by atoms with van der Waals surface area (Å²) in [5, 5.41) is 2.56. The summed E-state index contributed by atoms with van der Waals surface area (Å²) in [6.07, 6.45) is 3.04. The molecule has 0 fully saturated rings. The fourth-order valence-corrected chi connectivity index (χ4v) is 2.89. The highest BCUT2D eigenvalue weighted by Crippen LogP contribution is 2.31. The largest absolute Gasteiger partial charge is 0.396 e. The Morgan fingerprint density at radius 2 is 2.10 bits per heavy atom. The van der Waals surface area contributed by atoms with Crippen LogP contribution in [0.5, 0.6) is 0 Å². The summed E-state index contributed by atoms with van der Waals surface area (Å²) in [6, 6.07) is 4.60. The zero-order valence-corrected chi connectivity index (χ0v) is 11.9. The lowest BCUT2D eigenvalue weighted by molar-refractivity contribution is 0.103. The molecule has 0 aliphatic rings. The van der Waals surface area contributed by atoms with Crippen molar-refractivity contribution in [2.45, 2.75) is 6.92 Å². The first-order chi connectivity index (χ1) is 10.1. The van der Waals surface area contributed by atoms with Crippen LogP contribution in [0.4, 0.5) is 15.8 Å². The number of aromatic nitrogens is 2. The van der Waals surface area contributed by atoms with Crippen molar-refractivity contribution >= 4 is 39.0 Å². The highest BCUT2D eigenvalue weighted by Gasteiger charge is 2.19. The first-order valence-electron chi connectivity index (χ1n) is 6.13. The van der Waals surface area contributed by atoms with Gasteiger partial charge in [0.1, 0.15) is 21.0 Å². The van der Waals surface area contributed by atoms with E-state index in [9.17, 15) is 9.18 Å². The molecule has 1 aromatic carbocycles. The van der Waals surface area contributed by atoms with Crippen molar-refractivity contribution in [3.63, 3.8) is 0 Å². The third kappa shape index (κ3) is 2.31. The van der Waals surface area contributed by atoms with Crippen molar-refractivity contribution in [1.29, 1.82) is 0 Å². The molecule has 3 N–H and O–H groups in total. The number of anilines is 2. The average Bonchev–Trinajstić information content (AvgIpc) is 2.81. The van der Waals surface area contributed by atoms with E-state index < -0.39 is 11.7 Å². The summed E-state index contributed by atoms with van der Waals surface area (Å²) in [7, 11) is 0. The number of hydrogen-bond donors (Lipinski definition) is 2. The van der Waals surface area contributed by atoms with Crippen LogP contribution < -0.4 is 11.1 Å². The molecule has 0 unspecified atom stereocenters. The normalized spacial score (nSPS) is 10.8. The van der Waals surface area contributed by atoms with Gasteiger partial charge in [0, 0.05) is 12.4 Å². The lowest BCUT2D eigenvalue weighted by Gasteiger charge is -2.08. The molecule has 0 spiro atoms. The van der Waals surface area contributed by atoms with E-state index >= 15 is 0 Å². The van der Waals surface area contributed by atoms with Crippen LogP contribution in [0.15, 0.2) is 30.6 Å². The Kier molecular flexibility index (Phi) is 3.26. The van der Waals surface area contributed by atoms with Crippen molar-refractivity contribution in [1.82, 2.24) is 9.97 Å². The van der Waals surface area contributed by atoms with Gasteiger partial charge < -0.3 is 11.1 Å². The smallest absolute Gasteiger partial charge is 0.268 e. The fourth-order valence-electron chi connectivity index (χ4n) is 1.97. The van der Waals surface area contributed by atoms with Gasteiger partial charge in [0.25, 0.3) is 5.91 Å². The molecule has 0 aliphatic heterocycles. The lowest BCUT2D eigenvalue weighted by Crippen LogP contribution is -2.14. The summed E-state index contributed by atoms with van der Waals surface area (Å²) in [4.78, 5) is 21.4. The number of carbonyl (C=O) groups excluding carboxylic acids is 1. The molecule has 0 radical (unpaired) electrons. The van der Waals surface area contributed by atoms with E-state index in [-0.39, 0.29) is 16.3 Å². The van der Waals surface area contributed by atoms with Crippen LogP contribution in [0.1, 0.15) is 15.2 Å². The Bertz CT molecular complexity index is 826. The van der Waals surface area contributed by atoms with Crippen LogP contribution in [0.25, 0.3) is 10.3 Å². The fraction of sp³-hybridized carbons (Fsp3) is 0.0714. The molecular weight excluding hydrogens is 291 g/mol. The van der Waals surface area contributed by atoms with Crippen LogP contribution in [-0.4, -0.2) is 15.9 Å². The average molecular weight is 302 g/mol. The quantitative estimate of drug-likeness (QED) is 0.762. The van der Waals surface area contributed by atoms with E-state index in [1.807, 2.05) is 0 Å². The lowest BCUT2D eigenvalue weighted by atomic mass is 10.2. The molecule has 2 aromatic heterocycles. The maximum atomic E-state index is 13.8. The number of aryl methyl sites for hydroxylation is 1. The number of hydrogen-bond acceptors (Lipinski definition) is 5. The Morgan fingerprint density at radius 1 is 1.33 bits per heavy atom. The first-order valence-corrected chi connectivity index (χ1v) is 6.95. The maximum Gasteiger partial charge on any atom is 0.268 e. The Balaban J connectivity index is 2.00. The molecular formula is C14H11FN4OS. The SMILES string of the molecule is Cc1cccc(F)c1NC(=O)c1sc2nccnc2c1N. The molecule has 1 amide bonds. The Morgan fingerprint density at radius 3 is 2.81 bits per heavy atom. The number of benzene rings is 1. The molecule has 3 aromatic rings. The second kappa shape index (κ2) is 5.10. The molecule has 5 nitrogen and oxygen atoms in total. The van der Waals surface area contributed by atoms with Gasteiger partial charge in [-0.3, -0.25) is 4.79 Å². The molecule has 7 heteroatoms. The van der Waals surface area contributed by atoms with Gasteiger partial charge in [-0.15, -0.1) is 11.3 Å². The van der Waals surface area contributed by atoms with Gasteiger partial charge in [-0.25, -0.2) is 14.4 Å². The number of halogens is 1. The van der Waals surface area contributed by atoms with Crippen LogP contribution >= 0.6 is 11.3 Å². The number of nitrogens with two attached hydrogens (primary N) is 1. The minimum Gasteiger partial charge on any atom is -0.396 e. The van der Waals surface area contributed by atoms with E-state index in [0.29, 0.717) is 15.9 Å². The monoisotopic (exact) mass is 302 g/mol. The molecule has 0 saturated carbocycles. The minimum atomic E-state index is -0.487. The van der Waals surface area contributed by atoms with E-state index in [4.69, 9.17) is 5.73 Å². The Labute approximate surface area is 123 Å². The van der Waals surface area contributed by atoms with Gasteiger partial charge in [-0.1, -0.05) is 12.1 Å². The zero-order chi connectivity index (χ0) is 15.0. The molecule has 0 saturated heterocycles. The number of amides is 1. The van der Waals surface area contributed by atoms with Crippen molar-refractivity contribution in [3.05, 3.63) is 46.9 Å². The maximum absolute atomic E-state index is 13.8. The van der Waals surface area contributed by atoms with Crippen LogP contribution in [-0.2, 0) is 0 Å². The van der Waals surface area contributed by atoms with Gasteiger partial charge in [-0.05, 0) is 18.6 Å². The molecule has 21 heavy (non-hydrogen) atoms. The van der Waals surface area contributed by atoms with Gasteiger partial charge in [0.05, 0.1) is 11.4 Å². The third-order valence-corrected chi connectivity index (χ3v) is 4.13. The van der Waals surface area contributed by atoms with E-state index in [0.717, 1.165) is 11.3 Å². The van der Waals surface area contributed by atoms with E-state index in [1.54, 1.807) is 19.1 Å². The van der Waals surface area contributed by atoms with Gasteiger partial charge >= 0.3 is 0 Å². The predicted octanol–water partition coefficient (Wildman–Crippen LogP) is 2.97. The summed E-state index contributed by atoms with van der Waals surface area (Å²) in [5.41, 5.74) is 7.46. The van der Waals surface area contributed by atoms with Crippen LogP contribution in [0, 0.1) is 12.7 Å². The third-order valence-electron chi connectivity index (χ3n) is 3.03. The summed E-state index contributed by atoms with van der Waals surface area (Å²) in [6.45, 7) is 1.72. The van der Waals surface area contributed by atoms with E-state index in [1.165, 1.54) is 18.5 Å². The van der Waals surface area contributed by atoms with Gasteiger partial charge in [-0.2, -0.15) is 0 Å². The second-order valence-corrected chi connectivity index (χ2v) is 5.44. The molecule has 2 heterocycles. The van der Waals surface area contributed by atoms with Gasteiger partial charge in [0.15, 0.2) is 0 Å². The van der Waals surface area contributed by atoms with E-state index in [2.05, 4.69) is 15.3 Å². The minimum absolute atomic E-state index is 0.153. The predicted molar refractivity (Wildman–Crippen MR) is 80.9 cm³/mol. The number of rotatable bonds is 2. The standard InChI is InChI=1S/C14H11FN4OS/c1-7-3-2-4-8(15)10(7)19-13(20)12-9(16)11-14(21-12)18-6-5-17-11/h2-6H,16H2,1H3,(H,19,20). The summed E-state index contributed by atoms with van der Waals surface area (Å²) < 4.78 is 13.8. The van der Waals surface area contributed by atoms with Crippen molar-refractivity contribution in [2.24, 2.45) is 0 Å². The van der Waals surface area contributed by atoms with Crippen LogP contribution in [0.2, 0.25) is 0 Å². The molecule has 0 atom stereocenters. The van der Waals surface area contributed by atoms with Crippen molar-refractivity contribution < 1.29 is 9.18 Å². The topological polar surface area (TPSA) is 80.9 Å². The highest BCUT2D eigenvalue weighted by molar-refractivity contribution is 7.21. The zero-order valence-electron chi connectivity index (χ0n) is 11.1. The summed E-state index contributed by atoms with van der Waals surface area (Å²) in [5.74, 6) is -0.954. The molecule has 3 rings (SSSR count). The summed E-state index contributed by atoms with van der Waals surface area (Å²) >= 11 is 1.13. The number of nitrogen functional groups attached to an aromatic ring is 1.